The summed E-state index contributed by atoms with van der Waals surface area (Å²) in [6.45, 7) is 4.40. The SMILES string of the molecule is CCCc1nn(C)c2c1nc(CCl)n2C(C)CCSC. The highest BCUT2D eigenvalue weighted by atomic mass is 35.5. The molecule has 2 aromatic rings. The van der Waals surface area contributed by atoms with Crippen molar-refractivity contribution < 1.29 is 0 Å². The predicted molar refractivity (Wildman–Crippen MR) is 87.8 cm³/mol. The van der Waals surface area contributed by atoms with Gasteiger partial charge in [-0.2, -0.15) is 16.9 Å². The first-order chi connectivity index (χ1) is 9.63. The highest BCUT2D eigenvalue weighted by molar-refractivity contribution is 7.98. The van der Waals surface area contributed by atoms with Crippen LogP contribution in [0, 0.1) is 0 Å². The number of halogens is 1. The Balaban J connectivity index is 2.50. The Bertz CT molecular complexity index is 575. The van der Waals surface area contributed by atoms with Crippen molar-refractivity contribution in [3.05, 3.63) is 11.5 Å². The second kappa shape index (κ2) is 6.85. The van der Waals surface area contributed by atoms with Gasteiger partial charge in [0.1, 0.15) is 11.3 Å². The number of aromatic nitrogens is 4. The standard InChI is InChI=1S/C14H23ClN4S/c1-5-6-11-13-14(18(3)17-11)19(12(9-15)16-13)10(2)7-8-20-4/h10H,5-9H2,1-4H3. The van der Waals surface area contributed by atoms with Crippen molar-refractivity contribution in [2.75, 3.05) is 12.0 Å². The molecule has 0 amide bonds. The van der Waals surface area contributed by atoms with Gasteiger partial charge >= 0.3 is 0 Å². The van der Waals surface area contributed by atoms with Crippen molar-refractivity contribution in [1.29, 1.82) is 0 Å². The highest BCUT2D eigenvalue weighted by Gasteiger charge is 2.21. The Morgan fingerprint density at radius 2 is 2.15 bits per heavy atom. The molecule has 6 heteroatoms. The largest absolute Gasteiger partial charge is 0.309 e. The minimum atomic E-state index is 0.395. The normalized spacial score (nSPS) is 13.2. The molecule has 20 heavy (non-hydrogen) atoms. The van der Waals surface area contributed by atoms with Crippen LogP contribution < -0.4 is 0 Å². The number of aryl methyl sites for hydroxylation is 2. The first-order valence-electron chi connectivity index (χ1n) is 7.11. The summed E-state index contributed by atoms with van der Waals surface area (Å²) in [6, 6.07) is 0.395. The topological polar surface area (TPSA) is 35.6 Å². The van der Waals surface area contributed by atoms with E-state index in [2.05, 4.69) is 29.8 Å². The lowest BCUT2D eigenvalue weighted by molar-refractivity contribution is 0.521. The molecule has 0 N–H and O–H groups in total. The van der Waals surface area contributed by atoms with Crippen molar-refractivity contribution in [1.82, 2.24) is 19.3 Å². The Morgan fingerprint density at radius 1 is 1.40 bits per heavy atom. The van der Waals surface area contributed by atoms with Gasteiger partial charge in [0, 0.05) is 13.1 Å². The number of fused-ring (bicyclic) bond motifs is 1. The van der Waals surface area contributed by atoms with Crippen LogP contribution in [0.1, 0.15) is 44.2 Å². The third-order valence-corrected chi connectivity index (χ3v) is 4.48. The molecule has 0 saturated carbocycles. The van der Waals surface area contributed by atoms with E-state index in [9.17, 15) is 0 Å². The molecule has 2 heterocycles. The first kappa shape index (κ1) is 15.7. The van der Waals surface area contributed by atoms with E-state index in [4.69, 9.17) is 16.6 Å². The van der Waals surface area contributed by atoms with E-state index >= 15 is 0 Å². The molecule has 2 aromatic heterocycles. The number of thioether (sulfide) groups is 1. The van der Waals surface area contributed by atoms with Crippen molar-refractivity contribution in [3.8, 4) is 0 Å². The Hall–Kier alpha value is -0.680. The van der Waals surface area contributed by atoms with Crippen molar-refractivity contribution in [3.63, 3.8) is 0 Å². The molecule has 4 nitrogen and oxygen atoms in total. The number of hydrogen-bond acceptors (Lipinski definition) is 3. The minimum absolute atomic E-state index is 0.395. The summed E-state index contributed by atoms with van der Waals surface area (Å²) in [5, 5.41) is 4.62. The summed E-state index contributed by atoms with van der Waals surface area (Å²) in [7, 11) is 2.00. The van der Waals surface area contributed by atoms with Crippen molar-refractivity contribution in [2.24, 2.45) is 7.05 Å². The second-order valence-corrected chi connectivity index (χ2v) is 6.41. The van der Waals surface area contributed by atoms with Gasteiger partial charge in [0.05, 0.1) is 11.6 Å². The van der Waals surface area contributed by atoms with Gasteiger partial charge in [-0.05, 0) is 31.8 Å². The van der Waals surface area contributed by atoms with Crippen molar-refractivity contribution >= 4 is 34.5 Å². The van der Waals surface area contributed by atoms with E-state index in [0.717, 1.165) is 47.7 Å². The molecular weight excluding hydrogens is 292 g/mol. The van der Waals surface area contributed by atoms with Crippen LogP contribution in [-0.4, -0.2) is 31.3 Å². The zero-order valence-corrected chi connectivity index (χ0v) is 14.3. The van der Waals surface area contributed by atoms with E-state index < -0.39 is 0 Å². The molecule has 0 aliphatic carbocycles. The average molecular weight is 315 g/mol. The maximum Gasteiger partial charge on any atom is 0.158 e. The molecule has 0 aliphatic rings. The van der Waals surface area contributed by atoms with Crippen LogP contribution >= 0.6 is 23.4 Å². The van der Waals surface area contributed by atoms with Gasteiger partial charge in [-0.15, -0.1) is 11.6 Å². The smallest absolute Gasteiger partial charge is 0.158 e. The van der Waals surface area contributed by atoms with E-state index in [1.165, 1.54) is 0 Å². The third-order valence-electron chi connectivity index (χ3n) is 3.60. The van der Waals surface area contributed by atoms with Crippen molar-refractivity contribution in [2.45, 2.75) is 45.0 Å². The summed E-state index contributed by atoms with van der Waals surface area (Å²) in [6.07, 6.45) is 5.30. The van der Waals surface area contributed by atoms with Gasteiger partial charge in [0.25, 0.3) is 0 Å². The number of hydrogen-bond donors (Lipinski definition) is 0. The molecule has 0 saturated heterocycles. The molecule has 112 valence electrons. The number of alkyl halides is 1. The van der Waals surface area contributed by atoms with Crippen LogP contribution in [0.2, 0.25) is 0 Å². The van der Waals surface area contributed by atoms with E-state index in [1.54, 1.807) is 0 Å². The first-order valence-corrected chi connectivity index (χ1v) is 9.04. The third kappa shape index (κ3) is 2.84. The zero-order chi connectivity index (χ0) is 14.7. The lowest BCUT2D eigenvalue weighted by atomic mass is 10.2. The lowest BCUT2D eigenvalue weighted by Crippen LogP contribution is -2.12. The quantitative estimate of drug-likeness (QED) is 0.730. The van der Waals surface area contributed by atoms with Gasteiger partial charge in [-0.25, -0.2) is 4.98 Å². The van der Waals surface area contributed by atoms with Gasteiger partial charge < -0.3 is 4.57 Å². The molecule has 0 aliphatic heterocycles. The number of imidazole rings is 1. The highest BCUT2D eigenvalue weighted by Crippen LogP contribution is 2.27. The maximum absolute atomic E-state index is 6.10. The summed E-state index contributed by atoms with van der Waals surface area (Å²) >= 11 is 7.98. The molecule has 0 spiro atoms. The van der Waals surface area contributed by atoms with Crippen LogP contribution in [0.25, 0.3) is 11.2 Å². The summed E-state index contributed by atoms with van der Waals surface area (Å²) in [5.74, 6) is 2.55. The monoisotopic (exact) mass is 314 g/mol. The van der Waals surface area contributed by atoms with Gasteiger partial charge in [-0.3, -0.25) is 4.68 Å². The fourth-order valence-electron chi connectivity index (χ4n) is 2.63. The Morgan fingerprint density at radius 3 is 2.75 bits per heavy atom. The molecule has 1 atom stereocenters. The lowest BCUT2D eigenvalue weighted by Gasteiger charge is -2.16. The predicted octanol–water partition coefficient (Wildman–Crippen LogP) is 3.78. The summed E-state index contributed by atoms with van der Waals surface area (Å²) < 4.78 is 4.23. The molecule has 0 radical (unpaired) electrons. The van der Waals surface area contributed by atoms with Crippen LogP contribution in [0.5, 0.6) is 0 Å². The zero-order valence-electron chi connectivity index (χ0n) is 12.7. The van der Waals surface area contributed by atoms with Crippen LogP contribution in [0.3, 0.4) is 0 Å². The van der Waals surface area contributed by atoms with Gasteiger partial charge in [0.15, 0.2) is 5.65 Å². The summed E-state index contributed by atoms with van der Waals surface area (Å²) in [4.78, 5) is 4.74. The molecular formula is C14H23ClN4S. The Kier molecular flexibility index (Phi) is 5.38. The van der Waals surface area contributed by atoms with E-state index in [0.29, 0.717) is 11.9 Å². The van der Waals surface area contributed by atoms with Crippen LogP contribution in [0.15, 0.2) is 0 Å². The molecule has 0 aromatic carbocycles. The molecule has 0 bridgehead atoms. The van der Waals surface area contributed by atoms with E-state index in [-0.39, 0.29) is 0 Å². The summed E-state index contributed by atoms with van der Waals surface area (Å²) in [5.41, 5.74) is 3.23. The van der Waals surface area contributed by atoms with Gasteiger partial charge in [0.2, 0.25) is 0 Å². The Labute approximate surface area is 129 Å². The molecule has 2 rings (SSSR count). The molecule has 1 unspecified atom stereocenters. The maximum atomic E-state index is 6.10. The second-order valence-electron chi connectivity index (χ2n) is 5.15. The number of nitrogens with zero attached hydrogens (tertiary/aromatic N) is 4. The van der Waals surface area contributed by atoms with Gasteiger partial charge in [-0.1, -0.05) is 13.3 Å². The van der Waals surface area contributed by atoms with Crippen LogP contribution in [0.4, 0.5) is 0 Å². The fraction of sp³-hybridized carbons (Fsp3) is 0.714. The van der Waals surface area contributed by atoms with E-state index in [1.807, 2.05) is 23.5 Å². The van der Waals surface area contributed by atoms with Crippen LogP contribution in [-0.2, 0) is 19.3 Å². The minimum Gasteiger partial charge on any atom is -0.309 e. The average Bonchev–Trinajstić information content (AvgIpc) is 2.95. The number of rotatable bonds is 7. The molecule has 0 fully saturated rings. The fourth-order valence-corrected chi connectivity index (χ4v) is 3.39.